The first-order chi connectivity index (χ1) is 10.0. The molecule has 3 N–H and O–H groups in total. The van der Waals surface area contributed by atoms with Crippen molar-refractivity contribution in [3.8, 4) is 0 Å². The van der Waals surface area contributed by atoms with E-state index in [1.807, 2.05) is 19.9 Å². The van der Waals surface area contributed by atoms with Crippen molar-refractivity contribution in [3.63, 3.8) is 0 Å². The lowest BCUT2D eigenvalue weighted by molar-refractivity contribution is -0.125. The van der Waals surface area contributed by atoms with Crippen LogP contribution >= 0.6 is 0 Å². The molecule has 1 aromatic rings. The molecule has 1 aromatic carbocycles. The Labute approximate surface area is 128 Å². The minimum Gasteiger partial charge on any atom is -0.356 e. The average Bonchev–Trinajstić information content (AvgIpc) is 2.45. The van der Waals surface area contributed by atoms with Crippen molar-refractivity contribution >= 4 is 5.91 Å². The number of hydrogen-bond acceptors (Lipinski definition) is 3. The van der Waals surface area contributed by atoms with E-state index in [2.05, 4.69) is 41.5 Å². The van der Waals surface area contributed by atoms with Gasteiger partial charge < -0.3 is 16.0 Å². The summed E-state index contributed by atoms with van der Waals surface area (Å²) in [7, 11) is 2.10. The van der Waals surface area contributed by atoms with Crippen molar-refractivity contribution in [1.29, 1.82) is 0 Å². The van der Waals surface area contributed by atoms with Gasteiger partial charge in [0.1, 0.15) is 0 Å². The van der Waals surface area contributed by atoms with Gasteiger partial charge in [-0.2, -0.15) is 0 Å². The van der Waals surface area contributed by atoms with Gasteiger partial charge in [-0.1, -0.05) is 44.2 Å². The number of benzene rings is 1. The van der Waals surface area contributed by atoms with E-state index in [9.17, 15) is 4.79 Å². The number of nitrogens with one attached hydrogen (secondary N) is 1. The minimum atomic E-state index is -0.0768. The zero-order valence-corrected chi connectivity index (χ0v) is 13.5. The first kappa shape index (κ1) is 17.7. The van der Waals surface area contributed by atoms with Gasteiger partial charge in [-0.3, -0.25) is 4.79 Å². The number of hydrogen-bond donors (Lipinski definition) is 2. The van der Waals surface area contributed by atoms with Gasteiger partial charge in [-0.15, -0.1) is 0 Å². The standard InChI is InChI=1S/C17H29N3O/c1-14(2)16(12-18)17(21)19-10-7-11-20(3)13-15-8-5-4-6-9-15/h4-6,8-9,14,16H,7,10-13,18H2,1-3H3,(H,19,21). The molecule has 1 rings (SSSR count). The van der Waals surface area contributed by atoms with Gasteiger partial charge >= 0.3 is 0 Å². The Bertz CT molecular complexity index is 406. The Morgan fingerprint density at radius 3 is 2.52 bits per heavy atom. The Morgan fingerprint density at radius 2 is 1.95 bits per heavy atom. The molecule has 0 spiro atoms. The number of carbonyl (C=O) groups is 1. The SMILES string of the molecule is CC(C)C(CN)C(=O)NCCCN(C)Cc1ccccc1. The van der Waals surface area contributed by atoms with Crippen LogP contribution in [-0.2, 0) is 11.3 Å². The molecule has 0 saturated heterocycles. The molecule has 118 valence electrons. The lowest BCUT2D eigenvalue weighted by atomic mass is 9.95. The second-order valence-corrected chi connectivity index (χ2v) is 5.95. The third kappa shape index (κ3) is 6.74. The minimum absolute atomic E-state index is 0.0768. The van der Waals surface area contributed by atoms with E-state index in [1.54, 1.807) is 0 Å². The molecule has 0 fully saturated rings. The molecule has 0 aliphatic heterocycles. The van der Waals surface area contributed by atoms with Gasteiger partial charge in [0, 0.05) is 19.6 Å². The van der Waals surface area contributed by atoms with Crippen molar-refractivity contribution in [3.05, 3.63) is 35.9 Å². The number of rotatable bonds is 9. The van der Waals surface area contributed by atoms with Crippen LogP contribution in [0.1, 0.15) is 25.8 Å². The smallest absolute Gasteiger partial charge is 0.224 e. The molecule has 21 heavy (non-hydrogen) atoms. The van der Waals surface area contributed by atoms with Crippen molar-refractivity contribution in [2.24, 2.45) is 17.6 Å². The highest BCUT2D eigenvalue weighted by Gasteiger charge is 2.19. The molecule has 0 aliphatic carbocycles. The zero-order valence-electron chi connectivity index (χ0n) is 13.5. The second kappa shape index (κ2) is 9.53. The first-order valence-electron chi connectivity index (χ1n) is 7.74. The largest absolute Gasteiger partial charge is 0.356 e. The Kier molecular flexibility index (Phi) is 8.01. The van der Waals surface area contributed by atoms with E-state index in [1.165, 1.54) is 5.56 Å². The number of amides is 1. The van der Waals surface area contributed by atoms with E-state index < -0.39 is 0 Å². The quantitative estimate of drug-likeness (QED) is 0.683. The third-order valence-electron chi connectivity index (χ3n) is 3.71. The topological polar surface area (TPSA) is 58.4 Å². The van der Waals surface area contributed by atoms with Gasteiger partial charge in [0.25, 0.3) is 0 Å². The Balaban J connectivity index is 2.20. The van der Waals surface area contributed by atoms with Gasteiger partial charge in [0.05, 0.1) is 5.92 Å². The van der Waals surface area contributed by atoms with Crippen LogP contribution in [0, 0.1) is 11.8 Å². The van der Waals surface area contributed by atoms with E-state index in [0.717, 1.165) is 19.5 Å². The third-order valence-corrected chi connectivity index (χ3v) is 3.71. The van der Waals surface area contributed by atoms with Crippen LogP contribution in [0.15, 0.2) is 30.3 Å². The zero-order chi connectivity index (χ0) is 15.7. The first-order valence-corrected chi connectivity index (χ1v) is 7.74. The molecular weight excluding hydrogens is 262 g/mol. The molecular formula is C17H29N3O. The molecule has 0 radical (unpaired) electrons. The summed E-state index contributed by atoms with van der Waals surface area (Å²) in [6.07, 6.45) is 0.949. The molecule has 4 heteroatoms. The maximum atomic E-state index is 11.9. The Hall–Kier alpha value is -1.39. The molecule has 1 amide bonds. The predicted octanol–water partition coefficient (Wildman–Crippen LogP) is 1.86. The normalized spacial score (nSPS) is 12.7. The lowest BCUT2D eigenvalue weighted by Crippen LogP contribution is -2.39. The molecule has 1 unspecified atom stereocenters. The lowest BCUT2D eigenvalue weighted by Gasteiger charge is -2.19. The summed E-state index contributed by atoms with van der Waals surface area (Å²) in [5, 5.41) is 2.99. The maximum absolute atomic E-state index is 11.9. The molecule has 1 atom stereocenters. The van der Waals surface area contributed by atoms with Crippen molar-refractivity contribution in [2.75, 3.05) is 26.7 Å². The highest BCUT2D eigenvalue weighted by atomic mass is 16.1. The molecule has 0 aliphatic rings. The van der Waals surface area contributed by atoms with Gasteiger partial charge in [0.2, 0.25) is 5.91 Å². The number of nitrogens with two attached hydrogens (primary N) is 1. The number of carbonyl (C=O) groups excluding carboxylic acids is 1. The summed E-state index contributed by atoms with van der Waals surface area (Å²) in [5.74, 6) is 0.293. The van der Waals surface area contributed by atoms with Crippen LogP contribution in [-0.4, -0.2) is 37.5 Å². The van der Waals surface area contributed by atoms with E-state index in [-0.39, 0.29) is 17.7 Å². The molecule has 0 bridgehead atoms. The molecule has 0 heterocycles. The fraction of sp³-hybridized carbons (Fsp3) is 0.588. The van der Waals surface area contributed by atoms with Crippen LogP contribution < -0.4 is 11.1 Å². The summed E-state index contributed by atoms with van der Waals surface area (Å²) in [4.78, 5) is 14.2. The van der Waals surface area contributed by atoms with Crippen LogP contribution in [0.3, 0.4) is 0 Å². The summed E-state index contributed by atoms with van der Waals surface area (Å²) in [6, 6.07) is 10.4. The average molecular weight is 291 g/mol. The summed E-state index contributed by atoms with van der Waals surface area (Å²) in [5.41, 5.74) is 6.96. The van der Waals surface area contributed by atoms with Gasteiger partial charge in [0.15, 0.2) is 0 Å². The highest BCUT2D eigenvalue weighted by molar-refractivity contribution is 5.79. The van der Waals surface area contributed by atoms with Crippen LogP contribution in [0.25, 0.3) is 0 Å². The van der Waals surface area contributed by atoms with E-state index in [0.29, 0.717) is 13.1 Å². The van der Waals surface area contributed by atoms with Crippen molar-refractivity contribution in [1.82, 2.24) is 10.2 Å². The maximum Gasteiger partial charge on any atom is 0.224 e. The summed E-state index contributed by atoms with van der Waals surface area (Å²) in [6.45, 7) is 7.09. The summed E-state index contributed by atoms with van der Waals surface area (Å²) >= 11 is 0. The van der Waals surface area contributed by atoms with Crippen LogP contribution in [0.2, 0.25) is 0 Å². The predicted molar refractivity (Wildman–Crippen MR) is 87.8 cm³/mol. The fourth-order valence-corrected chi connectivity index (χ4v) is 2.35. The van der Waals surface area contributed by atoms with Crippen LogP contribution in [0.5, 0.6) is 0 Å². The van der Waals surface area contributed by atoms with E-state index >= 15 is 0 Å². The Morgan fingerprint density at radius 1 is 1.29 bits per heavy atom. The highest BCUT2D eigenvalue weighted by Crippen LogP contribution is 2.08. The molecule has 4 nitrogen and oxygen atoms in total. The van der Waals surface area contributed by atoms with E-state index in [4.69, 9.17) is 5.73 Å². The number of nitrogens with zero attached hydrogens (tertiary/aromatic N) is 1. The van der Waals surface area contributed by atoms with Crippen molar-refractivity contribution in [2.45, 2.75) is 26.8 Å². The fourth-order valence-electron chi connectivity index (χ4n) is 2.35. The second-order valence-electron chi connectivity index (χ2n) is 5.95. The van der Waals surface area contributed by atoms with Gasteiger partial charge in [-0.25, -0.2) is 0 Å². The van der Waals surface area contributed by atoms with Crippen molar-refractivity contribution < 1.29 is 4.79 Å². The molecule has 0 saturated carbocycles. The van der Waals surface area contributed by atoms with Crippen LogP contribution in [0.4, 0.5) is 0 Å². The van der Waals surface area contributed by atoms with Gasteiger partial charge in [-0.05, 0) is 31.5 Å². The molecule has 0 aromatic heterocycles. The summed E-state index contributed by atoms with van der Waals surface area (Å²) < 4.78 is 0. The monoisotopic (exact) mass is 291 g/mol.